The van der Waals surface area contributed by atoms with Gasteiger partial charge in [0.1, 0.15) is 5.75 Å². The lowest BCUT2D eigenvalue weighted by Crippen LogP contribution is -2.52. The third-order valence-corrected chi connectivity index (χ3v) is 4.61. The van der Waals surface area contributed by atoms with Crippen LogP contribution in [-0.2, 0) is 0 Å². The first-order valence-corrected chi connectivity index (χ1v) is 7.69. The highest BCUT2D eigenvalue weighted by atomic mass is 16.3. The van der Waals surface area contributed by atoms with Crippen LogP contribution in [-0.4, -0.2) is 66.1 Å². The van der Waals surface area contributed by atoms with E-state index < -0.39 is 0 Å². The Balaban J connectivity index is 1.60. The van der Waals surface area contributed by atoms with E-state index in [1.165, 1.54) is 6.42 Å². The van der Waals surface area contributed by atoms with E-state index in [2.05, 4.69) is 10.2 Å². The van der Waals surface area contributed by atoms with Crippen LogP contribution in [0.3, 0.4) is 0 Å². The van der Waals surface area contributed by atoms with Gasteiger partial charge in [0, 0.05) is 44.3 Å². The smallest absolute Gasteiger partial charge is 0.254 e. The van der Waals surface area contributed by atoms with E-state index in [1.54, 1.807) is 18.2 Å². The second-order valence-electron chi connectivity index (χ2n) is 5.98. The zero-order valence-electron chi connectivity index (χ0n) is 12.5. The molecule has 1 atom stereocenters. The Morgan fingerprint density at radius 2 is 2.05 bits per heavy atom. The quantitative estimate of drug-likeness (QED) is 0.846. The minimum Gasteiger partial charge on any atom is -0.508 e. The number of carbonyl (C=O) groups excluding carboxylic acids is 1. The standard InChI is InChI=1S/C16H23N3O2/c1-12-2-3-13(10-15(12)20)16(21)19-8-6-18(7-9-19)14-4-5-17-11-14/h2-3,10,14,17,20H,4-9,11H2,1H3/t14-/m0/s1. The van der Waals surface area contributed by atoms with E-state index in [4.69, 9.17) is 0 Å². The van der Waals surface area contributed by atoms with Crippen molar-refractivity contribution in [2.45, 2.75) is 19.4 Å². The molecule has 0 aliphatic carbocycles. The summed E-state index contributed by atoms with van der Waals surface area (Å²) >= 11 is 0. The topological polar surface area (TPSA) is 55.8 Å². The number of hydrogen-bond donors (Lipinski definition) is 2. The fraction of sp³-hybridized carbons (Fsp3) is 0.562. The summed E-state index contributed by atoms with van der Waals surface area (Å²) in [7, 11) is 0. The summed E-state index contributed by atoms with van der Waals surface area (Å²) in [6.45, 7) is 7.42. The molecule has 5 nitrogen and oxygen atoms in total. The van der Waals surface area contributed by atoms with Crippen LogP contribution in [0.4, 0.5) is 0 Å². The molecule has 2 N–H and O–H groups in total. The van der Waals surface area contributed by atoms with Crippen molar-refractivity contribution < 1.29 is 9.90 Å². The number of aromatic hydroxyl groups is 1. The predicted molar refractivity (Wildman–Crippen MR) is 81.6 cm³/mol. The summed E-state index contributed by atoms with van der Waals surface area (Å²) < 4.78 is 0. The highest BCUT2D eigenvalue weighted by molar-refractivity contribution is 5.94. The number of rotatable bonds is 2. The third kappa shape index (κ3) is 3.04. The first kappa shape index (κ1) is 14.4. The van der Waals surface area contributed by atoms with Gasteiger partial charge in [-0.1, -0.05) is 6.07 Å². The number of nitrogens with zero attached hydrogens (tertiary/aromatic N) is 2. The van der Waals surface area contributed by atoms with Crippen molar-refractivity contribution in [3.05, 3.63) is 29.3 Å². The van der Waals surface area contributed by atoms with Crippen molar-refractivity contribution in [3.63, 3.8) is 0 Å². The van der Waals surface area contributed by atoms with Gasteiger partial charge in [0.05, 0.1) is 0 Å². The van der Waals surface area contributed by atoms with E-state index >= 15 is 0 Å². The van der Waals surface area contributed by atoms with Gasteiger partial charge in [0.2, 0.25) is 0 Å². The zero-order chi connectivity index (χ0) is 14.8. The van der Waals surface area contributed by atoms with Crippen molar-refractivity contribution in [2.75, 3.05) is 39.3 Å². The Morgan fingerprint density at radius 3 is 2.67 bits per heavy atom. The molecular weight excluding hydrogens is 266 g/mol. The van der Waals surface area contributed by atoms with E-state index in [1.807, 2.05) is 11.8 Å². The van der Waals surface area contributed by atoms with Crippen LogP contribution in [0.5, 0.6) is 5.75 Å². The number of nitrogens with one attached hydrogen (secondary N) is 1. The molecule has 1 aromatic rings. The lowest BCUT2D eigenvalue weighted by molar-refractivity contribution is 0.0583. The maximum Gasteiger partial charge on any atom is 0.254 e. The average molecular weight is 289 g/mol. The lowest BCUT2D eigenvalue weighted by Gasteiger charge is -2.37. The molecule has 1 aromatic carbocycles. The number of hydrogen-bond acceptors (Lipinski definition) is 4. The second kappa shape index (κ2) is 6.03. The number of carbonyl (C=O) groups is 1. The van der Waals surface area contributed by atoms with Crippen molar-refractivity contribution in [1.82, 2.24) is 15.1 Å². The molecule has 21 heavy (non-hydrogen) atoms. The van der Waals surface area contributed by atoms with Crippen LogP contribution in [0.1, 0.15) is 22.3 Å². The molecule has 0 saturated carbocycles. The molecule has 0 spiro atoms. The number of amides is 1. The van der Waals surface area contributed by atoms with Gasteiger partial charge in [-0.2, -0.15) is 0 Å². The van der Waals surface area contributed by atoms with Crippen LogP contribution in [0.25, 0.3) is 0 Å². The first-order chi connectivity index (χ1) is 10.1. The Morgan fingerprint density at radius 1 is 1.29 bits per heavy atom. The van der Waals surface area contributed by atoms with Crippen molar-refractivity contribution in [3.8, 4) is 5.75 Å². The van der Waals surface area contributed by atoms with Crippen LogP contribution in [0.2, 0.25) is 0 Å². The largest absolute Gasteiger partial charge is 0.508 e. The van der Waals surface area contributed by atoms with Gasteiger partial charge in [-0.25, -0.2) is 0 Å². The highest BCUT2D eigenvalue weighted by Crippen LogP contribution is 2.20. The summed E-state index contributed by atoms with van der Waals surface area (Å²) in [6, 6.07) is 5.80. The van der Waals surface area contributed by atoms with E-state index in [-0.39, 0.29) is 11.7 Å². The van der Waals surface area contributed by atoms with Crippen LogP contribution < -0.4 is 5.32 Å². The van der Waals surface area contributed by atoms with Crippen molar-refractivity contribution in [2.24, 2.45) is 0 Å². The van der Waals surface area contributed by atoms with Gasteiger partial charge in [0.15, 0.2) is 0 Å². The molecule has 2 heterocycles. The Kier molecular flexibility index (Phi) is 4.12. The SMILES string of the molecule is Cc1ccc(C(=O)N2CCN([C@H]3CCNC3)CC2)cc1O. The number of aryl methyl sites for hydroxylation is 1. The monoisotopic (exact) mass is 289 g/mol. The Labute approximate surface area is 125 Å². The fourth-order valence-corrected chi connectivity index (χ4v) is 3.17. The Bertz CT molecular complexity index is 518. The number of phenols is 1. The molecule has 2 aliphatic rings. The summed E-state index contributed by atoms with van der Waals surface area (Å²) in [5.41, 5.74) is 1.37. The molecule has 0 aromatic heterocycles. The fourth-order valence-electron chi connectivity index (χ4n) is 3.17. The molecular formula is C16H23N3O2. The molecule has 0 unspecified atom stereocenters. The third-order valence-electron chi connectivity index (χ3n) is 4.61. The molecule has 114 valence electrons. The van der Waals surface area contributed by atoms with Crippen LogP contribution in [0.15, 0.2) is 18.2 Å². The normalized spacial score (nSPS) is 23.5. The van der Waals surface area contributed by atoms with E-state index in [0.29, 0.717) is 11.6 Å². The molecule has 1 amide bonds. The van der Waals surface area contributed by atoms with Gasteiger partial charge in [0.25, 0.3) is 5.91 Å². The molecule has 0 radical (unpaired) electrons. The Hall–Kier alpha value is -1.59. The minimum absolute atomic E-state index is 0.0227. The second-order valence-corrected chi connectivity index (χ2v) is 5.98. The first-order valence-electron chi connectivity index (χ1n) is 7.69. The molecule has 2 fully saturated rings. The lowest BCUT2D eigenvalue weighted by atomic mass is 10.1. The highest BCUT2D eigenvalue weighted by Gasteiger charge is 2.28. The summed E-state index contributed by atoms with van der Waals surface area (Å²) in [6.07, 6.45) is 1.21. The van der Waals surface area contributed by atoms with E-state index in [0.717, 1.165) is 44.8 Å². The van der Waals surface area contributed by atoms with Gasteiger partial charge < -0.3 is 15.3 Å². The minimum atomic E-state index is 0.0227. The van der Waals surface area contributed by atoms with Crippen molar-refractivity contribution in [1.29, 1.82) is 0 Å². The number of piperazine rings is 1. The number of phenolic OH excluding ortho intramolecular Hbond substituents is 1. The van der Waals surface area contributed by atoms with Gasteiger partial charge in [-0.3, -0.25) is 9.69 Å². The summed E-state index contributed by atoms with van der Waals surface area (Å²) in [5.74, 6) is 0.214. The summed E-state index contributed by atoms with van der Waals surface area (Å²) in [4.78, 5) is 16.8. The molecule has 2 aliphatic heterocycles. The summed E-state index contributed by atoms with van der Waals surface area (Å²) in [5, 5.41) is 13.1. The van der Waals surface area contributed by atoms with Gasteiger partial charge >= 0.3 is 0 Å². The molecule has 0 bridgehead atoms. The van der Waals surface area contributed by atoms with Crippen molar-refractivity contribution >= 4 is 5.91 Å². The average Bonchev–Trinajstić information content (AvgIpc) is 3.04. The maximum absolute atomic E-state index is 12.5. The van der Waals surface area contributed by atoms with Crippen LogP contribution in [0, 0.1) is 6.92 Å². The van der Waals surface area contributed by atoms with Gasteiger partial charge in [-0.05, 0) is 37.6 Å². The predicted octanol–water partition coefficient (Wildman–Crippen LogP) is 0.820. The molecule has 5 heteroatoms. The van der Waals surface area contributed by atoms with Crippen LogP contribution >= 0.6 is 0 Å². The maximum atomic E-state index is 12.5. The number of benzene rings is 1. The van der Waals surface area contributed by atoms with Gasteiger partial charge in [-0.15, -0.1) is 0 Å². The molecule has 3 rings (SSSR count). The van der Waals surface area contributed by atoms with E-state index in [9.17, 15) is 9.90 Å². The zero-order valence-corrected chi connectivity index (χ0v) is 12.5. The molecule has 2 saturated heterocycles.